The Bertz CT molecular complexity index is 535. The monoisotopic (exact) mass is 353 g/mol. The highest BCUT2D eigenvalue weighted by Crippen LogP contribution is 2.36. The Labute approximate surface area is 134 Å². The molecule has 2 aromatic rings. The molecule has 1 nitrogen and oxygen atoms in total. The lowest BCUT2D eigenvalue weighted by molar-refractivity contribution is 0.504. The minimum atomic E-state index is 0.486. The van der Waals surface area contributed by atoms with Crippen LogP contribution < -0.4 is 5.32 Å². The van der Waals surface area contributed by atoms with E-state index < -0.39 is 0 Å². The molecule has 1 aromatic heterocycles. The van der Waals surface area contributed by atoms with E-state index in [1.807, 2.05) is 11.3 Å². The average Bonchev–Trinajstić information content (AvgIpc) is 2.88. The van der Waals surface area contributed by atoms with Crippen molar-refractivity contribution in [3.8, 4) is 0 Å². The first-order valence-electron chi connectivity index (χ1n) is 7.60. The Morgan fingerprint density at radius 2 is 2.00 bits per heavy atom. The molecule has 110 valence electrons. The van der Waals surface area contributed by atoms with Crippen molar-refractivity contribution in [3.05, 3.63) is 33.6 Å². The summed E-state index contributed by atoms with van der Waals surface area (Å²) < 4.78 is 2.58. The molecule has 20 heavy (non-hydrogen) atoms. The zero-order valence-corrected chi connectivity index (χ0v) is 14.8. The second-order valence-electron chi connectivity index (χ2n) is 5.35. The molecule has 0 radical (unpaired) electrons. The Balaban J connectivity index is 2.04. The van der Waals surface area contributed by atoms with Crippen molar-refractivity contribution >= 4 is 37.4 Å². The van der Waals surface area contributed by atoms with E-state index in [4.69, 9.17) is 0 Å². The van der Waals surface area contributed by atoms with Crippen LogP contribution in [0.15, 0.2) is 28.1 Å². The molecule has 0 saturated heterocycles. The number of hydrogen-bond donors (Lipinski definition) is 1. The van der Waals surface area contributed by atoms with Gasteiger partial charge in [-0.3, -0.25) is 0 Å². The lowest BCUT2D eigenvalue weighted by atomic mass is 9.99. The quantitative estimate of drug-likeness (QED) is 0.550. The van der Waals surface area contributed by atoms with Gasteiger partial charge in [-0.15, -0.1) is 11.3 Å². The summed E-state index contributed by atoms with van der Waals surface area (Å²) in [5.41, 5.74) is 1.46. The third-order valence-corrected chi connectivity index (χ3v) is 5.87. The van der Waals surface area contributed by atoms with Crippen LogP contribution in [0.2, 0.25) is 0 Å². The number of nitrogens with one attached hydrogen (secondary N) is 1. The van der Waals surface area contributed by atoms with Gasteiger partial charge in [-0.05, 0) is 51.8 Å². The van der Waals surface area contributed by atoms with Crippen molar-refractivity contribution in [1.29, 1.82) is 0 Å². The van der Waals surface area contributed by atoms with Gasteiger partial charge in [0.1, 0.15) is 0 Å². The smallest absolute Gasteiger partial charge is 0.0488 e. The van der Waals surface area contributed by atoms with E-state index in [-0.39, 0.29) is 0 Å². The average molecular weight is 354 g/mol. The molecule has 0 aliphatic rings. The van der Waals surface area contributed by atoms with Crippen molar-refractivity contribution in [3.63, 3.8) is 0 Å². The van der Waals surface area contributed by atoms with Gasteiger partial charge in [0.15, 0.2) is 0 Å². The van der Waals surface area contributed by atoms with E-state index in [2.05, 4.69) is 58.8 Å². The molecule has 1 atom stereocenters. The Morgan fingerprint density at radius 1 is 1.20 bits per heavy atom. The summed E-state index contributed by atoms with van der Waals surface area (Å²) in [4.78, 5) is 0. The fraction of sp³-hybridized carbons (Fsp3) is 0.529. The summed E-state index contributed by atoms with van der Waals surface area (Å²) in [6, 6.07) is 6.99. The van der Waals surface area contributed by atoms with Crippen LogP contribution in [0.5, 0.6) is 0 Å². The van der Waals surface area contributed by atoms with Crippen LogP contribution in [-0.4, -0.2) is 7.05 Å². The van der Waals surface area contributed by atoms with Crippen LogP contribution in [0.3, 0.4) is 0 Å². The Kier molecular flexibility index (Phi) is 6.53. The maximum absolute atomic E-state index is 3.65. The van der Waals surface area contributed by atoms with Gasteiger partial charge in [-0.2, -0.15) is 0 Å². The summed E-state index contributed by atoms with van der Waals surface area (Å²) in [5, 5.41) is 7.22. The SMILES string of the molecule is CCCCCCCC(NC)c1csc2c(Br)cccc12. The highest BCUT2D eigenvalue weighted by atomic mass is 79.9. The van der Waals surface area contributed by atoms with Crippen molar-refractivity contribution in [2.75, 3.05) is 7.05 Å². The zero-order chi connectivity index (χ0) is 14.4. The van der Waals surface area contributed by atoms with E-state index >= 15 is 0 Å². The number of rotatable bonds is 8. The van der Waals surface area contributed by atoms with E-state index in [9.17, 15) is 0 Å². The third-order valence-electron chi connectivity index (χ3n) is 3.90. The standard InChI is InChI=1S/C17H24BrNS/c1-3-4-5-6-7-11-16(19-2)14-12-20-17-13(14)9-8-10-15(17)18/h8-10,12,16,19H,3-7,11H2,1-2H3. The van der Waals surface area contributed by atoms with Crippen LogP contribution in [0.4, 0.5) is 0 Å². The summed E-state index contributed by atoms with van der Waals surface area (Å²) in [7, 11) is 2.08. The van der Waals surface area contributed by atoms with Gasteiger partial charge in [-0.25, -0.2) is 0 Å². The van der Waals surface area contributed by atoms with Gasteiger partial charge in [0.2, 0.25) is 0 Å². The predicted octanol–water partition coefficient (Wildman–Crippen LogP) is 6.28. The minimum absolute atomic E-state index is 0.486. The molecule has 0 saturated carbocycles. The van der Waals surface area contributed by atoms with E-state index in [1.165, 1.54) is 58.6 Å². The number of thiophene rings is 1. The van der Waals surface area contributed by atoms with Crippen molar-refractivity contribution in [1.82, 2.24) is 5.32 Å². The van der Waals surface area contributed by atoms with E-state index in [0.717, 1.165) is 0 Å². The molecule has 1 unspecified atom stereocenters. The first-order valence-corrected chi connectivity index (χ1v) is 9.28. The van der Waals surface area contributed by atoms with E-state index in [1.54, 1.807) is 0 Å². The Hall–Kier alpha value is -0.380. The van der Waals surface area contributed by atoms with E-state index in [0.29, 0.717) is 6.04 Å². The van der Waals surface area contributed by atoms with Gasteiger partial charge < -0.3 is 5.32 Å². The summed E-state index contributed by atoms with van der Waals surface area (Å²) in [6.07, 6.45) is 7.98. The van der Waals surface area contributed by atoms with Gasteiger partial charge in [-0.1, -0.05) is 51.2 Å². The molecule has 3 heteroatoms. The molecule has 0 amide bonds. The molecule has 0 fully saturated rings. The largest absolute Gasteiger partial charge is 0.313 e. The molecule has 1 aromatic carbocycles. The van der Waals surface area contributed by atoms with Gasteiger partial charge >= 0.3 is 0 Å². The van der Waals surface area contributed by atoms with Crippen molar-refractivity contribution < 1.29 is 0 Å². The van der Waals surface area contributed by atoms with Crippen LogP contribution in [0.1, 0.15) is 57.1 Å². The molecule has 1 heterocycles. The minimum Gasteiger partial charge on any atom is -0.313 e. The van der Waals surface area contributed by atoms with Gasteiger partial charge in [0.25, 0.3) is 0 Å². The second-order valence-corrected chi connectivity index (χ2v) is 7.09. The summed E-state index contributed by atoms with van der Waals surface area (Å²) in [5.74, 6) is 0. The maximum atomic E-state index is 3.65. The lowest BCUT2D eigenvalue weighted by Crippen LogP contribution is -2.15. The second kappa shape index (κ2) is 8.16. The molecule has 0 spiro atoms. The normalized spacial score (nSPS) is 12.9. The van der Waals surface area contributed by atoms with Gasteiger partial charge in [0, 0.05) is 15.2 Å². The first kappa shape index (κ1) is 16.0. The molecular formula is C17H24BrNS. The molecule has 0 aliphatic carbocycles. The van der Waals surface area contributed by atoms with Crippen molar-refractivity contribution in [2.45, 2.75) is 51.5 Å². The highest BCUT2D eigenvalue weighted by molar-refractivity contribution is 9.10. The molecule has 0 aliphatic heterocycles. The third kappa shape index (κ3) is 3.84. The molecular weight excluding hydrogens is 330 g/mol. The zero-order valence-electron chi connectivity index (χ0n) is 12.4. The number of hydrogen-bond acceptors (Lipinski definition) is 2. The lowest BCUT2D eigenvalue weighted by Gasteiger charge is -2.16. The van der Waals surface area contributed by atoms with Crippen LogP contribution >= 0.6 is 27.3 Å². The molecule has 2 rings (SSSR count). The number of fused-ring (bicyclic) bond motifs is 1. The molecule has 1 N–H and O–H groups in total. The first-order chi connectivity index (χ1) is 9.77. The van der Waals surface area contributed by atoms with Crippen LogP contribution in [-0.2, 0) is 0 Å². The van der Waals surface area contributed by atoms with Crippen LogP contribution in [0.25, 0.3) is 10.1 Å². The number of halogens is 1. The molecule has 0 bridgehead atoms. The highest BCUT2D eigenvalue weighted by Gasteiger charge is 2.14. The predicted molar refractivity (Wildman–Crippen MR) is 94.7 cm³/mol. The van der Waals surface area contributed by atoms with Gasteiger partial charge in [0.05, 0.1) is 0 Å². The fourth-order valence-corrected chi connectivity index (χ4v) is 4.40. The topological polar surface area (TPSA) is 12.0 Å². The summed E-state index contributed by atoms with van der Waals surface area (Å²) >= 11 is 5.50. The van der Waals surface area contributed by atoms with Crippen molar-refractivity contribution in [2.24, 2.45) is 0 Å². The Morgan fingerprint density at radius 3 is 2.75 bits per heavy atom. The number of unbranched alkanes of at least 4 members (excludes halogenated alkanes) is 4. The fourth-order valence-electron chi connectivity index (χ4n) is 2.72. The maximum Gasteiger partial charge on any atom is 0.0488 e. The van der Waals surface area contributed by atoms with Crippen LogP contribution in [0, 0.1) is 0 Å². The number of benzene rings is 1. The summed E-state index contributed by atoms with van der Waals surface area (Å²) in [6.45, 7) is 2.27.